The van der Waals surface area contributed by atoms with Crippen LogP contribution in [0.3, 0.4) is 0 Å². The molecule has 0 aromatic heterocycles. The molecule has 4 N–H and O–H groups in total. The van der Waals surface area contributed by atoms with Crippen LogP contribution in [-0.2, 0) is 9.59 Å². The van der Waals surface area contributed by atoms with Crippen LogP contribution in [0.15, 0.2) is 0 Å². The summed E-state index contributed by atoms with van der Waals surface area (Å²) >= 11 is 0. The van der Waals surface area contributed by atoms with Crippen LogP contribution in [0.4, 0.5) is 0 Å². The Morgan fingerprint density at radius 3 is 2.06 bits per heavy atom. The summed E-state index contributed by atoms with van der Waals surface area (Å²) in [6, 6.07) is 0. The van der Waals surface area contributed by atoms with Crippen LogP contribution < -0.4 is 10.6 Å². The zero-order valence-electron chi connectivity index (χ0n) is 11.5. The summed E-state index contributed by atoms with van der Waals surface area (Å²) < 4.78 is 0. The molecular formula is C12H24N2O4. The van der Waals surface area contributed by atoms with Gasteiger partial charge in [0.1, 0.15) is 5.72 Å². The van der Waals surface area contributed by atoms with Gasteiger partial charge in [-0.2, -0.15) is 0 Å². The van der Waals surface area contributed by atoms with E-state index < -0.39 is 17.0 Å². The SMILES string of the molecule is CCC(CC)(C(=O)NCCO)C(C)(O)NC(C)=O. The van der Waals surface area contributed by atoms with Gasteiger partial charge < -0.3 is 20.8 Å². The molecule has 106 valence electrons. The topological polar surface area (TPSA) is 98.7 Å². The zero-order valence-corrected chi connectivity index (χ0v) is 11.5. The molecule has 0 radical (unpaired) electrons. The molecular weight excluding hydrogens is 236 g/mol. The first-order valence-electron chi connectivity index (χ1n) is 6.17. The Bertz CT molecular complexity index is 298. The molecule has 0 fully saturated rings. The summed E-state index contributed by atoms with van der Waals surface area (Å²) in [7, 11) is 0. The van der Waals surface area contributed by atoms with E-state index in [-0.39, 0.29) is 19.1 Å². The number of carbonyl (C=O) groups excluding carboxylic acids is 2. The van der Waals surface area contributed by atoms with Crippen molar-refractivity contribution in [2.45, 2.75) is 46.3 Å². The van der Waals surface area contributed by atoms with E-state index in [4.69, 9.17) is 5.11 Å². The minimum absolute atomic E-state index is 0.122. The standard InChI is InChI=1S/C12H24N2O4/c1-5-12(6-2,10(17)13-7-8-15)11(4,18)14-9(3)16/h15,18H,5-8H2,1-4H3,(H,13,17)(H,14,16). The minimum atomic E-state index is -1.64. The van der Waals surface area contributed by atoms with E-state index in [0.717, 1.165) is 0 Å². The average Bonchev–Trinajstić information content (AvgIpc) is 2.26. The molecule has 0 aromatic carbocycles. The molecule has 0 aliphatic carbocycles. The molecule has 6 heteroatoms. The Labute approximate surface area is 108 Å². The van der Waals surface area contributed by atoms with Gasteiger partial charge in [0.25, 0.3) is 0 Å². The number of aliphatic hydroxyl groups excluding tert-OH is 1. The van der Waals surface area contributed by atoms with Crippen LogP contribution in [-0.4, -0.2) is 40.9 Å². The third-order valence-electron chi connectivity index (χ3n) is 3.39. The molecule has 0 spiro atoms. The van der Waals surface area contributed by atoms with Crippen LogP contribution in [0, 0.1) is 5.41 Å². The molecule has 0 aliphatic heterocycles. The molecule has 0 rings (SSSR count). The predicted molar refractivity (Wildman–Crippen MR) is 67.6 cm³/mol. The van der Waals surface area contributed by atoms with Crippen LogP contribution in [0.25, 0.3) is 0 Å². The van der Waals surface area contributed by atoms with E-state index in [0.29, 0.717) is 12.8 Å². The van der Waals surface area contributed by atoms with Crippen molar-refractivity contribution in [1.29, 1.82) is 0 Å². The lowest BCUT2D eigenvalue weighted by atomic mass is 9.72. The monoisotopic (exact) mass is 260 g/mol. The second-order valence-corrected chi connectivity index (χ2v) is 4.52. The maximum absolute atomic E-state index is 12.2. The summed E-state index contributed by atoms with van der Waals surface area (Å²) in [5.74, 6) is -0.776. The smallest absolute Gasteiger partial charge is 0.231 e. The number of aliphatic hydroxyl groups is 2. The average molecular weight is 260 g/mol. The first-order chi connectivity index (χ1) is 8.27. The van der Waals surface area contributed by atoms with Crippen LogP contribution in [0.2, 0.25) is 0 Å². The van der Waals surface area contributed by atoms with Gasteiger partial charge in [0, 0.05) is 13.5 Å². The van der Waals surface area contributed by atoms with Gasteiger partial charge in [-0.05, 0) is 19.8 Å². The lowest BCUT2D eigenvalue weighted by molar-refractivity contribution is -0.160. The molecule has 0 bridgehead atoms. The largest absolute Gasteiger partial charge is 0.395 e. The van der Waals surface area contributed by atoms with Gasteiger partial charge in [0.05, 0.1) is 12.0 Å². The quantitative estimate of drug-likeness (QED) is 0.474. The first kappa shape index (κ1) is 16.9. The fourth-order valence-corrected chi connectivity index (χ4v) is 2.28. The molecule has 1 atom stereocenters. The molecule has 18 heavy (non-hydrogen) atoms. The van der Waals surface area contributed by atoms with Crippen LogP contribution in [0.5, 0.6) is 0 Å². The Kier molecular flexibility index (Phi) is 6.28. The maximum Gasteiger partial charge on any atom is 0.231 e. The van der Waals surface area contributed by atoms with Gasteiger partial charge in [-0.3, -0.25) is 9.59 Å². The van der Waals surface area contributed by atoms with E-state index >= 15 is 0 Å². The Balaban J connectivity index is 5.22. The number of carbonyl (C=O) groups is 2. The van der Waals surface area contributed by atoms with Crippen molar-refractivity contribution >= 4 is 11.8 Å². The van der Waals surface area contributed by atoms with Gasteiger partial charge in [0.2, 0.25) is 11.8 Å². The van der Waals surface area contributed by atoms with Crippen molar-refractivity contribution in [3.05, 3.63) is 0 Å². The maximum atomic E-state index is 12.2. The number of rotatable bonds is 7. The molecule has 0 saturated carbocycles. The van der Waals surface area contributed by atoms with Crippen LogP contribution in [0.1, 0.15) is 40.5 Å². The summed E-state index contributed by atoms with van der Waals surface area (Å²) in [5.41, 5.74) is -2.75. The normalized spacial score (nSPS) is 14.8. The van der Waals surface area contributed by atoms with Gasteiger partial charge in [-0.1, -0.05) is 13.8 Å². The highest BCUT2D eigenvalue weighted by molar-refractivity contribution is 5.85. The lowest BCUT2D eigenvalue weighted by Crippen LogP contribution is -2.63. The second kappa shape index (κ2) is 6.70. The lowest BCUT2D eigenvalue weighted by Gasteiger charge is -2.43. The number of nitrogens with one attached hydrogen (secondary N) is 2. The predicted octanol–water partition coefficient (Wildman–Crippen LogP) is -0.254. The van der Waals surface area contributed by atoms with E-state index in [1.54, 1.807) is 13.8 Å². The molecule has 0 saturated heterocycles. The third kappa shape index (κ3) is 3.43. The van der Waals surface area contributed by atoms with E-state index in [2.05, 4.69) is 10.6 Å². The molecule has 0 heterocycles. The van der Waals surface area contributed by atoms with Crippen molar-refractivity contribution in [2.24, 2.45) is 5.41 Å². The molecule has 1 unspecified atom stereocenters. The van der Waals surface area contributed by atoms with Crippen molar-refractivity contribution in [1.82, 2.24) is 10.6 Å². The molecule has 6 nitrogen and oxygen atoms in total. The summed E-state index contributed by atoms with van der Waals surface area (Å²) in [4.78, 5) is 23.3. The summed E-state index contributed by atoms with van der Waals surface area (Å²) in [5, 5.41) is 24.1. The summed E-state index contributed by atoms with van der Waals surface area (Å²) in [6.07, 6.45) is 0.738. The van der Waals surface area contributed by atoms with Crippen molar-refractivity contribution < 1.29 is 19.8 Å². The first-order valence-corrected chi connectivity index (χ1v) is 6.17. The fraction of sp³-hybridized carbons (Fsp3) is 0.833. The van der Waals surface area contributed by atoms with E-state index in [1.807, 2.05) is 0 Å². The zero-order chi connectivity index (χ0) is 14.4. The van der Waals surface area contributed by atoms with E-state index in [1.165, 1.54) is 13.8 Å². The van der Waals surface area contributed by atoms with Crippen molar-refractivity contribution in [3.63, 3.8) is 0 Å². The number of hydrogen-bond acceptors (Lipinski definition) is 4. The van der Waals surface area contributed by atoms with Crippen molar-refractivity contribution in [2.75, 3.05) is 13.2 Å². The highest BCUT2D eigenvalue weighted by atomic mass is 16.3. The van der Waals surface area contributed by atoms with Crippen molar-refractivity contribution in [3.8, 4) is 0 Å². The highest BCUT2D eigenvalue weighted by Crippen LogP contribution is 2.37. The number of amides is 2. The van der Waals surface area contributed by atoms with Gasteiger partial charge in [0.15, 0.2) is 0 Å². The highest BCUT2D eigenvalue weighted by Gasteiger charge is 2.50. The molecule has 0 aromatic rings. The molecule has 0 aliphatic rings. The fourth-order valence-electron chi connectivity index (χ4n) is 2.28. The Hall–Kier alpha value is -1.14. The number of hydrogen-bond donors (Lipinski definition) is 4. The third-order valence-corrected chi connectivity index (χ3v) is 3.39. The minimum Gasteiger partial charge on any atom is -0.395 e. The van der Waals surface area contributed by atoms with Crippen LogP contribution >= 0.6 is 0 Å². The molecule has 2 amide bonds. The van der Waals surface area contributed by atoms with Gasteiger partial charge in [-0.15, -0.1) is 0 Å². The van der Waals surface area contributed by atoms with Gasteiger partial charge in [-0.25, -0.2) is 0 Å². The second-order valence-electron chi connectivity index (χ2n) is 4.52. The van der Waals surface area contributed by atoms with E-state index in [9.17, 15) is 14.7 Å². The Morgan fingerprint density at radius 2 is 1.72 bits per heavy atom. The Morgan fingerprint density at radius 1 is 1.22 bits per heavy atom. The summed E-state index contributed by atoms with van der Waals surface area (Å²) in [6.45, 7) is 6.21. The van der Waals surface area contributed by atoms with Gasteiger partial charge >= 0.3 is 0 Å².